The van der Waals surface area contributed by atoms with E-state index in [9.17, 15) is 0 Å². The summed E-state index contributed by atoms with van der Waals surface area (Å²) in [6.07, 6.45) is 0. The third-order valence-electron chi connectivity index (χ3n) is 9.57. The molecule has 0 fully saturated rings. The fraction of sp³-hybridized carbons (Fsp3) is 0. The Morgan fingerprint density at radius 2 is 0.929 bits per heavy atom. The van der Waals surface area contributed by atoms with E-state index in [1.54, 1.807) is 0 Å². The molecule has 4 aliphatic heterocycles. The number of fused-ring (bicyclic) bond motifs is 13. The first-order valence-electron chi connectivity index (χ1n) is 14.4. The van der Waals surface area contributed by atoms with Gasteiger partial charge < -0.3 is 18.8 Å². The zero-order valence-corrected chi connectivity index (χ0v) is 22.3. The molecule has 0 spiro atoms. The molecule has 0 bridgehead atoms. The van der Waals surface area contributed by atoms with Crippen LogP contribution in [-0.4, -0.2) is 18.0 Å². The van der Waals surface area contributed by atoms with Crippen LogP contribution in [0.3, 0.4) is 0 Å². The maximum Gasteiger partial charge on any atom is 0.260 e. The molecular weight excluding hydrogens is 516 g/mol. The number of benzene rings is 6. The van der Waals surface area contributed by atoms with Crippen molar-refractivity contribution in [3.05, 3.63) is 115 Å². The van der Waals surface area contributed by atoms with Crippen molar-refractivity contribution in [2.75, 3.05) is 0 Å². The molecule has 0 saturated heterocycles. The predicted molar refractivity (Wildman–Crippen MR) is 170 cm³/mol. The Morgan fingerprint density at radius 3 is 1.62 bits per heavy atom. The van der Waals surface area contributed by atoms with Gasteiger partial charge in [0.15, 0.2) is 11.5 Å². The van der Waals surface area contributed by atoms with Gasteiger partial charge in [-0.25, -0.2) is 0 Å². The lowest BCUT2D eigenvalue weighted by Crippen LogP contribution is -2.62. The van der Waals surface area contributed by atoms with Gasteiger partial charge in [-0.05, 0) is 46.1 Å². The minimum absolute atomic E-state index is 0.0259. The normalized spacial score (nSPS) is 14.2. The van der Waals surface area contributed by atoms with Gasteiger partial charge in [0.2, 0.25) is 0 Å². The van der Waals surface area contributed by atoms with Crippen LogP contribution in [0.4, 0.5) is 0 Å². The molecular formula is C36H19B2NO3. The van der Waals surface area contributed by atoms with Crippen LogP contribution in [0.2, 0.25) is 0 Å². The lowest BCUT2D eigenvalue weighted by atomic mass is 9.32. The molecule has 5 heterocycles. The minimum Gasteiger partial charge on any atom is -0.456 e. The monoisotopic (exact) mass is 535 g/mol. The van der Waals surface area contributed by atoms with Crippen LogP contribution >= 0.6 is 0 Å². The quantitative estimate of drug-likeness (QED) is 0.269. The molecule has 1 aromatic heterocycles. The molecule has 0 amide bonds. The topological polar surface area (TPSA) is 32.6 Å². The summed E-state index contributed by atoms with van der Waals surface area (Å²) in [7, 11) is 0. The predicted octanol–water partition coefficient (Wildman–Crippen LogP) is 4.45. The van der Waals surface area contributed by atoms with E-state index in [4.69, 9.17) is 14.2 Å². The van der Waals surface area contributed by atoms with E-state index in [2.05, 4.69) is 108 Å². The molecule has 42 heavy (non-hydrogen) atoms. The van der Waals surface area contributed by atoms with Gasteiger partial charge in [0.1, 0.15) is 23.0 Å². The lowest BCUT2D eigenvalue weighted by molar-refractivity contribution is 0.417. The van der Waals surface area contributed by atoms with E-state index in [1.807, 2.05) is 12.1 Å². The standard InChI is InChI=1S/C36H19B2NO3/c1-5-16-26-20(10-1)21-11-9-15-25-32(21)39(26)33-30-35(41-29-19-8-4-14-24(29)38(25)30)36-31-34(33)40-27-17-6-2-12-22(27)37(31)23-13-3-7-18-28(23)42-36/h1-19H. The highest BCUT2D eigenvalue weighted by molar-refractivity contribution is 7.01. The first-order valence-corrected chi connectivity index (χ1v) is 14.4. The van der Waals surface area contributed by atoms with Crippen LogP contribution in [0.15, 0.2) is 115 Å². The number of rotatable bonds is 0. The van der Waals surface area contributed by atoms with Crippen molar-refractivity contribution in [1.29, 1.82) is 0 Å². The summed E-state index contributed by atoms with van der Waals surface area (Å²) in [5.41, 5.74) is 10.3. The Morgan fingerprint density at radius 1 is 0.429 bits per heavy atom. The summed E-state index contributed by atoms with van der Waals surface area (Å²) in [5.74, 6) is 5.01. The maximum atomic E-state index is 7.01. The second-order valence-corrected chi connectivity index (χ2v) is 11.5. The average Bonchev–Trinajstić information content (AvgIpc) is 3.39. The van der Waals surface area contributed by atoms with Gasteiger partial charge >= 0.3 is 0 Å². The molecule has 4 aliphatic rings. The molecule has 0 unspecified atom stereocenters. The summed E-state index contributed by atoms with van der Waals surface area (Å²) in [5, 5.41) is 2.48. The molecule has 6 aromatic carbocycles. The van der Waals surface area contributed by atoms with Crippen molar-refractivity contribution >= 4 is 68.0 Å². The zero-order valence-electron chi connectivity index (χ0n) is 22.3. The molecule has 0 N–H and O–H groups in total. The van der Waals surface area contributed by atoms with Crippen molar-refractivity contribution < 1.29 is 14.2 Å². The molecule has 4 nitrogen and oxygen atoms in total. The van der Waals surface area contributed by atoms with Gasteiger partial charge in [-0.2, -0.15) is 0 Å². The van der Waals surface area contributed by atoms with E-state index in [1.165, 1.54) is 21.8 Å². The van der Waals surface area contributed by atoms with E-state index in [0.29, 0.717) is 0 Å². The number of hydrogen-bond donors (Lipinski definition) is 0. The van der Waals surface area contributed by atoms with Crippen molar-refractivity contribution in [2.45, 2.75) is 0 Å². The fourth-order valence-corrected chi connectivity index (χ4v) is 8.00. The minimum atomic E-state index is -0.0415. The van der Waals surface area contributed by atoms with E-state index >= 15 is 0 Å². The fourth-order valence-electron chi connectivity index (χ4n) is 8.00. The molecule has 0 aliphatic carbocycles. The Labute approximate surface area is 241 Å². The number of aromatic nitrogens is 1. The summed E-state index contributed by atoms with van der Waals surface area (Å²) in [6.45, 7) is -0.0674. The highest BCUT2D eigenvalue weighted by Crippen LogP contribution is 2.48. The first-order chi connectivity index (χ1) is 20.9. The van der Waals surface area contributed by atoms with Gasteiger partial charge in [-0.1, -0.05) is 91.0 Å². The molecule has 7 aromatic rings. The van der Waals surface area contributed by atoms with Crippen LogP contribution < -0.4 is 47.0 Å². The Hall–Kier alpha value is -5.35. The molecule has 0 saturated carbocycles. The van der Waals surface area contributed by atoms with E-state index < -0.39 is 0 Å². The van der Waals surface area contributed by atoms with Gasteiger partial charge in [-0.3, -0.25) is 0 Å². The highest BCUT2D eigenvalue weighted by Gasteiger charge is 2.50. The second kappa shape index (κ2) is 7.29. The molecule has 192 valence electrons. The smallest absolute Gasteiger partial charge is 0.260 e. The van der Waals surface area contributed by atoms with Crippen molar-refractivity contribution in [2.24, 2.45) is 0 Å². The average molecular weight is 535 g/mol. The van der Waals surface area contributed by atoms with Crippen LogP contribution in [-0.2, 0) is 0 Å². The van der Waals surface area contributed by atoms with E-state index in [0.717, 1.165) is 73.0 Å². The van der Waals surface area contributed by atoms with Crippen molar-refractivity contribution in [1.82, 2.24) is 4.57 Å². The van der Waals surface area contributed by atoms with Crippen LogP contribution in [0.25, 0.3) is 27.5 Å². The zero-order chi connectivity index (χ0) is 27.1. The Bertz CT molecular complexity index is 2360. The third-order valence-corrected chi connectivity index (χ3v) is 9.57. The summed E-state index contributed by atoms with van der Waals surface area (Å²) in [6, 6.07) is 40.6. The Kier molecular flexibility index (Phi) is 3.71. The van der Waals surface area contributed by atoms with Crippen LogP contribution in [0, 0.1) is 0 Å². The van der Waals surface area contributed by atoms with Crippen LogP contribution in [0.1, 0.15) is 0 Å². The molecule has 0 atom stereocenters. The number of para-hydroxylation sites is 5. The number of hydrogen-bond acceptors (Lipinski definition) is 3. The highest BCUT2D eigenvalue weighted by atomic mass is 16.5. The third kappa shape index (κ3) is 2.37. The summed E-state index contributed by atoms with van der Waals surface area (Å²) >= 11 is 0. The van der Waals surface area contributed by atoms with Crippen LogP contribution in [0.5, 0.6) is 34.5 Å². The molecule has 11 rings (SSSR count). The van der Waals surface area contributed by atoms with Gasteiger partial charge in [-0.15, -0.1) is 0 Å². The van der Waals surface area contributed by atoms with Crippen molar-refractivity contribution in [3.63, 3.8) is 0 Å². The summed E-state index contributed by atoms with van der Waals surface area (Å²) in [4.78, 5) is 0. The number of nitrogens with zero attached hydrogens (tertiary/aromatic N) is 1. The van der Waals surface area contributed by atoms with Crippen molar-refractivity contribution in [3.8, 4) is 40.2 Å². The Balaban J connectivity index is 1.38. The van der Waals surface area contributed by atoms with Gasteiger partial charge in [0.05, 0.1) is 11.2 Å². The lowest BCUT2D eigenvalue weighted by Gasteiger charge is -2.40. The maximum absolute atomic E-state index is 7.01. The first kappa shape index (κ1) is 21.4. The van der Waals surface area contributed by atoms with Gasteiger partial charge in [0.25, 0.3) is 13.4 Å². The summed E-state index contributed by atoms with van der Waals surface area (Å²) < 4.78 is 23.2. The molecule has 6 heteroatoms. The largest absolute Gasteiger partial charge is 0.456 e. The van der Waals surface area contributed by atoms with Gasteiger partial charge in [0, 0.05) is 27.2 Å². The molecule has 0 radical (unpaired) electrons. The van der Waals surface area contributed by atoms with E-state index in [-0.39, 0.29) is 13.4 Å². The number of ether oxygens (including phenoxy) is 3. The second-order valence-electron chi connectivity index (χ2n) is 11.5. The SMILES string of the molecule is c1ccc2c(c1)Oc1c3c4c(c5c1B2c1ccccc1O5)-n1c2ccccc2c2cccc(c21)B4c1ccccc1O3.